The summed E-state index contributed by atoms with van der Waals surface area (Å²) < 4.78 is 41.3. The average molecular weight is 618 g/mol. The Morgan fingerprint density at radius 3 is 2.67 bits per heavy atom. The number of anilines is 2. The predicted molar refractivity (Wildman–Crippen MR) is 165 cm³/mol. The molecule has 2 atom stereocenters. The number of amides is 2. The monoisotopic (exact) mass is 617 g/mol. The molecular weight excluding hydrogens is 583 g/mol. The van der Waals surface area contributed by atoms with Crippen molar-refractivity contribution in [3.8, 4) is 11.3 Å². The highest BCUT2D eigenvalue weighted by Crippen LogP contribution is 2.40. The number of halogens is 3. The van der Waals surface area contributed by atoms with Gasteiger partial charge in [0.1, 0.15) is 17.3 Å². The molecular formula is C33H34F3N7O2. The summed E-state index contributed by atoms with van der Waals surface area (Å²) in [4.78, 5) is 34.3. The molecule has 2 bridgehead atoms. The zero-order valence-corrected chi connectivity index (χ0v) is 24.6. The van der Waals surface area contributed by atoms with Crippen molar-refractivity contribution < 1.29 is 22.8 Å². The SMILES string of the molecule is Nc1ncc2c3c1c(-c1ccc(C(=O)Nc4cc(C(F)(F)F)ccn4)cc1)nn3[C@@H]1CCC[C@H](C1)C(=O)NCCCC/C=C/C2. The number of aromatic nitrogens is 4. The number of fused-ring (bicyclic) bond motifs is 3. The molecule has 4 heterocycles. The Kier molecular flexibility index (Phi) is 8.55. The van der Waals surface area contributed by atoms with Crippen LogP contribution in [0.2, 0.25) is 0 Å². The van der Waals surface area contributed by atoms with Crippen molar-refractivity contribution in [3.63, 3.8) is 0 Å². The van der Waals surface area contributed by atoms with Gasteiger partial charge in [-0.25, -0.2) is 9.97 Å². The second-order valence-electron chi connectivity index (χ2n) is 11.6. The number of benzene rings is 1. The molecule has 1 fully saturated rings. The molecule has 2 amide bonds. The number of carbonyl (C=O) groups is 2. The van der Waals surface area contributed by atoms with Crippen LogP contribution in [0.1, 0.15) is 72.5 Å². The van der Waals surface area contributed by atoms with Crippen LogP contribution in [0.15, 0.2) is 60.9 Å². The van der Waals surface area contributed by atoms with Crippen LogP contribution in [0.5, 0.6) is 0 Å². The molecule has 4 N–H and O–H groups in total. The minimum atomic E-state index is -4.55. The third-order valence-corrected chi connectivity index (χ3v) is 8.54. The molecule has 0 saturated heterocycles. The summed E-state index contributed by atoms with van der Waals surface area (Å²) in [5, 5.41) is 11.4. The van der Waals surface area contributed by atoms with E-state index in [-0.39, 0.29) is 29.2 Å². The lowest BCUT2D eigenvalue weighted by Gasteiger charge is -2.29. The Morgan fingerprint density at radius 2 is 1.87 bits per heavy atom. The van der Waals surface area contributed by atoms with Crippen molar-refractivity contribution in [3.05, 3.63) is 77.6 Å². The molecule has 1 aliphatic carbocycles. The zero-order chi connectivity index (χ0) is 31.6. The molecule has 1 saturated carbocycles. The van der Waals surface area contributed by atoms with Gasteiger partial charge in [-0.3, -0.25) is 14.3 Å². The van der Waals surface area contributed by atoms with E-state index in [0.29, 0.717) is 41.8 Å². The summed E-state index contributed by atoms with van der Waals surface area (Å²) in [5.41, 5.74) is 9.02. The van der Waals surface area contributed by atoms with Crippen molar-refractivity contribution in [2.75, 3.05) is 17.6 Å². The predicted octanol–water partition coefficient (Wildman–Crippen LogP) is 6.48. The Bertz CT molecular complexity index is 1750. The molecule has 6 rings (SSSR count). The van der Waals surface area contributed by atoms with Gasteiger partial charge in [0.25, 0.3) is 5.91 Å². The number of nitrogens with two attached hydrogens (primary N) is 1. The molecule has 2 aliphatic rings. The minimum absolute atomic E-state index is 0.00887. The number of rotatable bonds is 3. The molecule has 9 nitrogen and oxygen atoms in total. The van der Waals surface area contributed by atoms with E-state index in [9.17, 15) is 22.8 Å². The Hall–Kier alpha value is -4.74. The topological polar surface area (TPSA) is 128 Å². The number of hydrogen-bond acceptors (Lipinski definition) is 6. The highest BCUT2D eigenvalue weighted by molar-refractivity contribution is 6.05. The number of hydrogen-bond donors (Lipinski definition) is 3. The molecule has 1 aliphatic heterocycles. The molecule has 12 heteroatoms. The summed E-state index contributed by atoms with van der Waals surface area (Å²) in [5.74, 6) is -0.466. The first kappa shape index (κ1) is 30.3. The number of allylic oxidation sites excluding steroid dienone is 2. The molecule has 0 unspecified atom stereocenters. The second-order valence-corrected chi connectivity index (χ2v) is 11.6. The van der Waals surface area contributed by atoms with E-state index in [1.165, 1.54) is 0 Å². The third-order valence-electron chi connectivity index (χ3n) is 8.54. The average Bonchev–Trinajstić information content (AvgIpc) is 3.44. The van der Waals surface area contributed by atoms with Crippen molar-refractivity contribution >= 4 is 34.4 Å². The molecule has 3 aromatic heterocycles. The van der Waals surface area contributed by atoms with E-state index in [1.807, 2.05) is 4.68 Å². The van der Waals surface area contributed by atoms with Crippen molar-refractivity contribution in [2.45, 2.75) is 63.6 Å². The summed E-state index contributed by atoms with van der Waals surface area (Å²) in [7, 11) is 0. The summed E-state index contributed by atoms with van der Waals surface area (Å²) in [6, 6.07) is 8.25. The maximum atomic E-state index is 13.1. The fraction of sp³-hybridized carbons (Fsp3) is 0.364. The van der Waals surface area contributed by atoms with E-state index in [0.717, 1.165) is 67.9 Å². The van der Waals surface area contributed by atoms with Crippen molar-refractivity contribution in [2.24, 2.45) is 5.92 Å². The molecule has 0 spiro atoms. The smallest absolute Gasteiger partial charge is 0.383 e. The Morgan fingerprint density at radius 1 is 1.04 bits per heavy atom. The lowest BCUT2D eigenvalue weighted by Crippen LogP contribution is -2.35. The maximum Gasteiger partial charge on any atom is 0.416 e. The number of nitrogens with zero attached hydrogens (tertiary/aromatic N) is 4. The standard InChI is InChI=1S/C33H34F3N7O2/c34-33(35,36)24-14-16-38-26(18-24)41-32(45)21-12-10-20(11-13-21)28-27-29-23(19-40-30(27)37)7-4-2-1-3-5-15-39-31(44)22-8-6-9-25(17-22)43(29)42-28/h2,4,10-14,16,18-19,22,25H,1,3,5-9,15,17H2,(H2,37,40)(H,39,44)(H,38,41,45)/b4-2+/t22-,25-/m1/s1. The fourth-order valence-electron chi connectivity index (χ4n) is 6.21. The van der Waals surface area contributed by atoms with Gasteiger partial charge in [0.2, 0.25) is 5.91 Å². The largest absolute Gasteiger partial charge is 0.416 e. The van der Waals surface area contributed by atoms with Crippen LogP contribution in [-0.2, 0) is 17.4 Å². The van der Waals surface area contributed by atoms with E-state index < -0.39 is 17.6 Å². The number of nitrogen functional groups attached to an aromatic ring is 1. The first-order chi connectivity index (χ1) is 21.7. The summed E-state index contributed by atoms with van der Waals surface area (Å²) in [6.45, 7) is 0.676. The highest BCUT2D eigenvalue weighted by atomic mass is 19.4. The Balaban J connectivity index is 1.35. The van der Waals surface area contributed by atoms with Gasteiger partial charge in [-0.2, -0.15) is 18.3 Å². The Labute approximate surface area is 258 Å². The summed E-state index contributed by atoms with van der Waals surface area (Å²) in [6.07, 6.45) is 9.33. The van der Waals surface area contributed by atoms with E-state index >= 15 is 0 Å². The van der Waals surface area contributed by atoms with Crippen LogP contribution in [0.4, 0.5) is 24.8 Å². The van der Waals surface area contributed by atoms with E-state index in [4.69, 9.17) is 10.8 Å². The molecule has 1 aromatic carbocycles. The quantitative estimate of drug-likeness (QED) is 0.226. The fourth-order valence-corrected chi connectivity index (χ4v) is 6.21. The van der Waals surface area contributed by atoms with E-state index in [1.54, 1.807) is 30.5 Å². The highest BCUT2D eigenvalue weighted by Gasteiger charge is 2.32. The van der Waals surface area contributed by atoms with Gasteiger partial charge in [0.05, 0.1) is 22.5 Å². The number of carbonyl (C=O) groups excluding carboxylic acids is 2. The molecule has 45 heavy (non-hydrogen) atoms. The first-order valence-electron chi connectivity index (χ1n) is 15.2. The van der Waals surface area contributed by atoms with Crippen LogP contribution in [0.3, 0.4) is 0 Å². The normalized spacial score (nSPS) is 20.1. The third kappa shape index (κ3) is 6.54. The van der Waals surface area contributed by atoms with Gasteiger partial charge < -0.3 is 16.4 Å². The van der Waals surface area contributed by atoms with Crippen LogP contribution in [-0.4, -0.2) is 38.1 Å². The second kappa shape index (κ2) is 12.7. The first-order valence-corrected chi connectivity index (χ1v) is 15.2. The lowest BCUT2D eigenvalue weighted by atomic mass is 9.85. The van der Waals surface area contributed by atoms with Crippen LogP contribution < -0.4 is 16.4 Å². The van der Waals surface area contributed by atoms with Gasteiger partial charge in [-0.15, -0.1) is 0 Å². The van der Waals surface area contributed by atoms with Gasteiger partial charge >= 0.3 is 6.18 Å². The van der Waals surface area contributed by atoms with Crippen LogP contribution in [0.25, 0.3) is 22.2 Å². The van der Waals surface area contributed by atoms with E-state index in [2.05, 4.69) is 32.8 Å². The maximum absolute atomic E-state index is 13.1. The zero-order valence-electron chi connectivity index (χ0n) is 24.6. The van der Waals surface area contributed by atoms with Gasteiger partial charge in [0, 0.05) is 41.5 Å². The molecule has 4 aromatic rings. The molecule has 0 radical (unpaired) electrons. The van der Waals surface area contributed by atoms with Gasteiger partial charge in [-0.1, -0.05) is 30.7 Å². The number of pyridine rings is 2. The van der Waals surface area contributed by atoms with Gasteiger partial charge in [0.15, 0.2) is 0 Å². The number of nitrogens with one attached hydrogen (secondary N) is 2. The van der Waals surface area contributed by atoms with Crippen molar-refractivity contribution in [1.29, 1.82) is 0 Å². The van der Waals surface area contributed by atoms with Crippen molar-refractivity contribution in [1.82, 2.24) is 25.1 Å². The van der Waals surface area contributed by atoms with Crippen LogP contribution >= 0.6 is 0 Å². The lowest BCUT2D eigenvalue weighted by molar-refractivity contribution is -0.137. The summed E-state index contributed by atoms with van der Waals surface area (Å²) >= 11 is 0. The minimum Gasteiger partial charge on any atom is -0.383 e. The molecule has 234 valence electrons. The van der Waals surface area contributed by atoms with Crippen LogP contribution in [0, 0.1) is 5.92 Å². The van der Waals surface area contributed by atoms with Gasteiger partial charge in [-0.05, 0) is 69.2 Å². The number of alkyl halides is 3.